The third-order valence-electron chi connectivity index (χ3n) is 3.87. The molecule has 0 radical (unpaired) electrons. The Hall–Kier alpha value is -0.670. The topological polar surface area (TPSA) is 40.5 Å². The number of aliphatic hydroxyl groups is 1. The summed E-state index contributed by atoms with van der Waals surface area (Å²) in [5.41, 5.74) is 0. The molecule has 3 atom stereocenters. The van der Waals surface area contributed by atoms with Crippen LogP contribution in [-0.4, -0.2) is 41.0 Å². The molecule has 0 amide bonds. The summed E-state index contributed by atoms with van der Waals surface area (Å²) in [5.74, 6) is 0.0302. The van der Waals surface area contributed by atoms with E-state index in [1.54, 1.807) is 0 Å². The minimum atomic E-state index is -0.662. The second kappa shape index (κ2) is 9.30. The first-order chi connectivity index (χ1) is 9.23. The summed E-state index contributed by atoms with van der Waals surface area (Å²) < 4.78 is 0. The number of hydrogen-bond donors (Lipinski definition) is 1. The number of rotatable bonds is 9. The zero-order chi connectivity index (χ0) is 15.9. The van der Waals surface area contributed by atoms with Crippen LogP contribution in [0.15, 0.2) is 12.2 Å². The molecule has 118 valence electrons. The Balaban J connectivity index is 5.06. The molecule has 0 bridgehead atoms. The maximum Gasteiger partial charge on any atom is 0.155 e. The van der Waals surface area contributed by atoms with Crippen LogP contribution in [-0.2, 0) is 4.79 Å². The molecule has 1 N–H and O–H groups in total. The Kier molecular flexibility index (Phi) is 8.99. The van der Waals surface area contributed by atoms with Gasteiger partial charge < -0.3 is 5.11 Å². The predicted molar refractivity (Wildman–Crippen MR) is 85.8 cm³/mol. The minimum Gasteiger partial charge on any atom is -0.390 e. The first kappa shape index (κ1) is 19.3. The summed E-state index contributed by atoms with van der Waals surface area (Å²) in [6.45, 7) is 12.0. The van der Waals surface area contributed by atoms with Crippen molar-refractivity contribution in [3.63, 3.8) is 0 Å². The lowest BCUT2D eigenvalue weighted by Crippen LogP contribution is -2.53. The molecule has 0 aliphatic heterocycles. The van der Waals surface area contributed by atoms with Gasteiger partial charge in [-0.05, 0) is 27.3 Å². The summed E-state index contributed by atoms with van der Waals surface area (Å²) in [6, 6.07) is -0.208. The number of carbonyl (C=O) groups excluding carboxylic acids is 1. The fraction of sp³-hybridized carbons (Fsp3) is 0.824. The summed E-state index contributed by atoms with van der Waals surface area (Å²) in [6.07, 6.45) is 5.58. The molecular weight excluding hydrogens is 250 g/mol. The molecule has 0 saturated carbocycles. The van der Waals surface area contributed by atoms with E-state index in [1.807, 2.05) is 52.6 Å². The normalized spacial score (nSPS) is 17.1. The van der Waals surface area contributed by atoms with E-state index < -0.39 is 12.1 Å². The first-order valence-corrected chi connectivity index (χ1v) is 7.84. The molecule has 0 aromatic carbocycles. The van der Waals surface area contributed by atoms with Crippen LogP contribution in [0, 0.1) is 11.8 Å². The highest BCUT2D eigenvalue weighted by molar-refractivity contribution is 5.86. The Morgan fingerprint density at radius 1 is 1.20 bits per heavy atom. The van der Waals surface area contributed by atoms with Crippen molar-refractivity contribution >= 4 is 5.78 Å². The second-order valence-electron chi connectivity index (χ2n) is 6.33. The third kappa shape index (κ3) is 5.76. The SMILES string of the molecule is CCC/C=C\[C@@H](C)[C@@H](O)[C@@H](C(=O)C(C)C)N(C)C(C)C. The molecule has 0 aliphatic rings. The largest absolute Gasteiger partial charge is 0.390 e. The van der Waals surface area contributed by atoms with Crippen LogP contribution >= 0.6 is 0 Å². The Bertz CT molecular complexity index is 310. The molecule has 0 rings (SSSR count). The number of carbonyl (C=O) groups is 1. The molecule has 3 nitrogen and oxygen atoms in total. The molecule has 0 saturated heterocycles. The van der Waals surface area contributed by atoms with Crippen LogP contribution < -0.4 is 0 Å². The Morgan fingerprint density at radius 2 is 1.75 bits per heavy atom. The second-order valence-corrected chi connectivity index (χ2v) is 6.33. The number of nitrogens with zero attached hydrogens (tertiary/aromatic N) is 1. The number of unbranched alkanes of at least 4 members (excludes halogenated alkanes) is 1. The standard InChI is InChI=1S/C17H33NO2/c1-8-9-10-11-14(6)17(20)15(16(19)12(2)3)18(7)13(4)5/h10-15,17,20H,8-9H2,1-7H3/b11-10-/t14-,15-,17-/m1/s1. The fourth-order valence-electron chi connectivity index (χ4n) is 2.15. The Morgan fingerprint density at radius 3 is 2.15 bits per heavy atom. The average molecular weight is 283 g/mol. The summed E-state index contributed by atoms with van der Waals surface area (Å²) in [4.78, 5) is 14.4. The lowest BCUT2D eigenvalue weighted by atomic mass is 9.88. The van der Waals surface area contributed by atoms with Gasteiger partial charge in [-0.15, -0.1) is 0 Å². The van der Waals surface area contributed by atoms with Crippen molar-refractivity contribution in [3.05, 3.63) is 12.2 Å². The van der Waals surface area contributed by atoms with Gasteiger partial charge in [0.2, 0.25) is 0 Å². The Labute approximate surface area is 125 Å². The van der Waals surface area contributed by atoms with Crippen molar-refractivity contribution in [1.29, 1.82) is 0 Å². The van der Waals surface area contributed by atoms with Crippen LogP contribution in [0.2, 0.25) is 0 Å². The van der Waals surface area contributed by atoms with Gasteiger partial charge in [-0.25, -0.2) is 0 Å². The van der Waals surface area contributed by atoms with Gasteiger partial charge in [0.05, 0.1) is 12.1 Å². The molecule has 0 aliphatic carbocycles. The highest BCUT2D eigenvalue weighted by atomic mass is 16.3. The molecule has 0 fully saturated rings. The number of aliphatic hydroxyl groups excluding tert-OH is 1. The van der Waals surface area contributed by atoms with Gasteiger partial charge in [-0.2, -0.15) is 0 Å². The van der Waals surface area contributed by atoms with Gasteiger partial charge in [0.1, 0.15) is 0 Å². The summed E-state index contributed by atoms with van der Waals surface area (Å²) in [5, 5.41) is 10.6. The van der Waals surface area contributed by atoms with Gasteiger partial charge in [-0.1, -0.05) is 46.3 Å². The molecule has 0 unspecified atom stereocenters. The van der Waals surface area contributed by atoms with Crippen molar-refractivity contribution in [3.8, 4) is 0 Å². The number of ketones is 1. The molecule has 3 heteroatoms. The number of Topliss-reactive ketones (excluding diaryl/α,β-unsaturated/α-hetero) is 1. The van der Waals surface area contributed by atoms with Crippen molar-refractivity contribution in [2.45, 2.75) is 72.6 Å². The zero-order valence-electron chi connectivity index (χ0n) is 14.3. The van der Waals surface area contributed by atoms with Crippen molar-refractivity contribution in [1.82, 2.24) is 4.90 Å². The van der Waals surface area contributed by atoms with Gasteiger partial charge in [-0.3, -0.25) is 9.69 Å². The average Bonchev–Trinajstić information content (AvgIpc) is 2.38. The number of hydrogen-bond acceptors (Lipinski definition) is 3. The van der Waals surface area contributed by atoms with Crippen LogP contribution in [0.25, 0.3) is 0 Å². The smallest absolute Gasteiger partial charge is 0.155 e. The van der Waals surface area contributed by atoms with Gasteiger partial charge in [0, 0.05) is 17.9 Å². The first-order valence-electron chi connectivity index (χ1n) is 7.84. The van der Waals surface area contributed by atoms with Gasteiger partial charge in [0.15, 0.2) is 5.78 Å². The van der Waals surface area contributed by atoms with Crippen LogP contribution in [0.4, 0.5) is 0 Å². The van der Waals surface area contributed by atoms with E-state index in [0.29, 0.717) is 0 Å². The maximum atomic E-state index is 12.4. The van der Waals surface area contributed by atoms with E-state index in [4.69, 9.17) is 0 Å². The lowest BCUT2D eigenvalue weighted by Gasteiger charge is -2.36. The molecular formula is C17H33NO2. The zero-order valence-corrected chi connectivity index (χ0v) is 14.3. The van der Waals surface area contributed by atoms with E-state index in [0.717, 1.165) is 12.8 Å². The van der Waals surface area contributed by atoms with Crippen molar-refractivity contribution in [2.75, 3.05) is 7.05 Å². The van der Waals surface area contributed by atoms with Crippen LogP contribution in [0.3, 0.4) is 0 Å². The molecule has 0 aromatic rings. The van der Waals surface area contributed by atoms with Crippen molar-refractivity contribution < 1.29 is 9.90 Å². The summed E-state index contributed by atoms with van der Waals surface area (Å²) in [7, 11) is 1.92. The predicted octanol–water partition coefficient (Wildman–Crippen LogP) is 3.27. The molecule has 20 heavy (non-hydrogen) atoms. The molecule has 0 spiro atoms. The summed E-state index contributed by atoms with van der Waals surface area (Å²) >= 11 is 0. The van der Waals surface area contributed by atoms with Crippen LogP contribution in [0.1, 0.15) is 54.4 Å². The number of allylic oxidation sites excluding steroid dienone is 1. The van der Waals surface area contributed by atoms with Crippen molar-refractivity contribution in [2.24, 2.45) is 11.8 Å². The fourth-order valence-corrected chi connectivity index (χ4v) is 2.15. The van der Waals surface area contributed by atoms with E-state index >= 15 is 0 Å². The third-order valence-corrected chi connectivity index (χ3v) is 3.87. The highest BCUT2D eigenvalue weighted by Gasteiger charge is 2.35. The van der Waals surface area contributed by atoms with E-state index in [2.05, 4.69) is 13.0 Å². The van der Waals surface area contributed by atoms with E-state index in [-0.39, 0.29) is 23.7 Å². The van der Waals surface area contributed by atoms with Crippen LogP contribution in [0.5, 0.6) is 0 Å². The molecule has 0 heterocycles. The highest BCUT2D eigenvalue weighted by Crippen LogP contribution is 2.19. The van der Waals surface area contributed by atoms with E-state index in [9.17, 15) is 9.90 Å². The van der Waals surface area contributed by atoms with Gasteiger partial charge >= 0.3 is 0 Å². The minimum absolute atomic E-state index is 0.0181. The number of likely N-dealkylation sites (N-methyl/N-ethyl adjacent to an activating group) is 1. The van der Waals surface area contributed by atoms with Gasteiger partial charge in [0.25, 0.3) is 0 Å². The maximum absolute atomic E-state index is 12.4. The quantitative estimate of drug-likeness (QED) is 0.660. The van der Waals surface area contributed by atoms with E-state index in [1.165, 1.54) is 0 Å². The lowest BCUT2D eigenvalue weighted by molar-refractivity contribution is -0.132. The monoisotopic (exact) mass is 283 g/mol. The molecule has 0 aromatic heterocycles.